The predicted octanol–water partition coefficient (Wildman–Crippen LogP) is 6.42. The molecule has 1 saturated heterocycles. The number of non-ortho nitro benzene ring substituents is 1. The molecule has 232 valence electrons. The van der Waals surface area contributed by atoms with E-state index < -0.39 is 4.92 Å². The zero-order valence-electron chi connectivity index (χ0n) is 25.1. The lowest BCUT2D eigenvalue weighted by molar-refractivity contribution is -0.384. The summed E-state index contributed by atoms with van der Waals surface area (Å²) < 4.78 is 1.94. The van der Waals surface area contributed by atoms with E-state index >= 15 is 0 Å². The minimum Gasteiger partial charge on any atom is -0.368 e. The van der Waals surface area contributed by atoms with Crippen molar-refractivity contribution in [1.82, 2.24) is 24.4 Å². The number of benzene rings is 2. The van der Waals surface area contributed by atoms with Crippen LogP contribution in [-0.2, 0) is 6.54 Å². The summed E-state index contributed by atoms with van der Waals surface area (Å²) in [6, 6.07) is 13.4. The number of hydrogen-bond donors (Lipinski definition) is 2. The third-order valence-corrected chi connectivity index (χ3v) is 8.21. The van der Waals surface area contributed by atoms with Crippen molar-refractivity contribution < 1.29 is 9.72 Å². The third kappa shape index (κ3) is 7.54. The number of carbonyl (C=O) groups is 1. The van der Waals surface area contributed by atoms with E-state index in [1.807, 2.05) is 10.6 Å². The van der Waals surface area contributed by atoms with Crippen LogP contribution < -0.4 is 15.5 Å². The molecule has 0 spiro atoms. The van der Waals surface area contributed by atoms with Crippen molar-refractivity contribution in [3.8, 4) is 0 Å². The summed E-state index contributed by atoms with van der Waals surface area (Å²) in [6.07, 6.45) is 6.30. The Bertz CT molecular complexity index is 1590. The van der Waals surface area contributed by atoms with E-state index in [0.29, 0.717) is 72.3 Å². The summed E-state index contributed by atoms with van der Waals surface area (Å²) in [4.78, 5) is 42.0. The van der Waals surface area contributed by atoms with Crippen molar-refractivity contribution in [2.45, 2.75) is 46.1 Å². The van der Waals surface area contributed by atoms with Crippen LogP contribution in [0, 0.1) is 16.0 Å². The highest BCUT2D eigenvalue weighted by molar-refractivity contribution is 6.30. The molecular weight excluding hydrogens is 582 g/mol. The molecule has 2 N–H and O–H groups in total. The molecular formula is C31H38ClN9O3. The van der Waals surface area contributed by atoms with Gasteiger partial charge in [-0.3, -0.25) is 10.1 Å². The van der Waals surface area contributed by atoms with E-state index in [0.717, 1.165) is 31.4 Å². The summed E-state index contributed by atoms with van der Waals surface area (Å²) >= 11 is 6.07. The molecule has 1 unspecified atom stereocenters. The van der Waals surface area contributed by atoms with Gasteiger partial charge in [0.25, 0.3) is 5.69 Å². The Morgan fingerprint density at radius 3 is 2.55 bits per heavy atom. The van der Waals surface area contributed by atoms with Gasteiger partial charge in [0.05, 0.1) is 17.8 Å². The van der Waals surface area contributed by atoms with Crippen LogP contribution in [0.15, 0.2) is 54.9 Å². The number of halogens is 1. The van der Waals surface area contributed by atoms with Crippen LogP contribution in [0.2, 0.25) is 5.02 Å². The Hall–Kier alpha value is -4.45. The minimum atomic E-state index is -0.404. The Balaban J connectivity index is 1.36. The van der Waals surface area contributed by atoms with Gasteiger partial charge < -0.3 is 25.0 Å². The van der Waals surface area contributed by atoms with Crippen molar-refractivity contribution in [3.05, 3.63) is 75.6 Å². The number of carbonyl (C=O) groups excluding carboxylic acids is 1. The first-order valence-corrected chi connectivity index (χ1v) is 15.5. The molecule has 2 aromatic heterocycles. The number of hydrogen-bond acceptors (Lipinski definition) is 8. The average Bonchev–Trinajstić information content (AvgIpc) is 3.44. The fraction of sp³-hybridized carbons (Fsp3) is 0.419. The van der Waals surface area contributed by atoms with Crippen molar-refractivity contribution in [1.29, 1.82) is 0 Å². The lowest BCUT2D eigenvalue weighted by atomic mass is 9.99. The van der Waals surface area contributed by atoms with Gasteiger partial charge in [-0.2, -0.15) is 9.97 Å². The monoisotopic (exact) mass is 619 g/mol. The molecule has 0 aliphatic carbocycles. The van der Waals surface area contributed by atoms with E-state index in [4.69, 9.17) is 21.6 Å². The molecule has 4 aromatic rings. The standard InChI is InChI=1S/C31H38ClN9O3/c1-3-5-7-22(4-2)19-33-28-27-29(40(21-34-27)20-23-10-12-26(13-11-23)41(43)44)37-30(36-28)38-14-16-39(17-15-38)31(42)35-25-9-6-8-24(32)18-25/h6,8-13,18,21-22H,3-5,7,14-17,19-20H2,1-2H3,(H,35,42)(H,33,36,37). The molecule has 1 atom stereocenters. The fourth-order valence-corrected chi connectivity index (χ4v) is 5.49. The quantitative estimate of drug-likeness (QED) is 0.137. The molecule has 1 aliphatic rings. The second-order valence-corrected chi connectivity index (χ2v) is 11.5. The Kier molecular flexibility index (Phi) is 10.1. The summed E-state index contributed by atoms with van der Waals surface area (Å²) in [5.74, 6) is 1.78. The largest absolute Gasteiger partial charge is 0.368 e. The van der Waals surface area contributed by atoms with Crippen LogP contribution in [0.25, 0.3) is 11.2 Å². The molecule has 0 bridgehead atoms. The number of nitro benzene ring substituents is 1. The molecule has 5 rings (SSSR count). The number of nitrogens with one attached hydrogen (secondary N) is 2. The van der Waals surface area contributed by atoms with Crippen LogP contribution in [-0.4, -0.2) is 68.1 Å². The molecule has 1 fully saturated rings. The summed E-state index contributed by atoms with van der Waals surface area (Å²) in [7, 11) is 0. The first kappa shape index (κ1) is 31.0. The van der Waals surface area contributed by atoms with Crippen molar-refractivity contribution >= 4 is 51.9 Å². The summed E-state index contributed by atoms with van der Waals surface area (Å²) in [5, 5.41) is 18.2. The second-order valence-electron chi connectivity index (χ2n) is 11.1. The average molecular weight is 620 g/mol. The van der Waals surface area contributed by atoms with E-state index in [1.165, 1.54) is 18.6 Å². The molecule has 3 heterocycles. The molecule has 44 heavy (non-hydrogen) atoms. The van der Waals surface area contributed by atoms with Gasteiger partial charge in [0.2, 0.25) is 5.95 Å². The van der Waals surface area contributed by atoms with Crippen LogP contribution in [0.3, 0.4) is 0 Å². The van der Waals surface area contributed by atoms with Crippen LogP contribution in [0.1, 0.15) is 45.1 Å². The normalized spacial score (nSPS) is 14.1. The zero-order valence-corrected chi connectivity index (χ0v) is 25.8. The maximum atomic E-state index is 12.9. The van der Waals surface area contributed by atoms with Gasteiger partial charge >= 0.3 is 6.03 Å². The van der Waals surface area contributed by atoms with Gasteiger partial charge in [0.1, 0.15) is 0 Å². The topological polar surface area (TPSA) is 134 Å². The number of nitro groups is 1. The number of amides is 2. The van der Waals surface area contributed by atoms with Gasteiger partial charge in [0, 0.05) is 55.6 Å². The molecule has 13 heteroatoms. The maximum Gasteiger partial charge on any atom is 0.321 e. The summed E-state index contributed by atoms with van der Waals surface area (Å²) in [5.41, 5.74) is 2.96. The molecule has 1 aliphatic heterocycles. The number of urea groups is 1. The number of aromatic nitrogens is 4. The number of imidazole rings is 1. The number of piperazine rings is 1. The van der Waals surface area contributed by atoms with Crippen molar-refractivity contribution in [3.63, 3.8) is 0 Å². The highest BCUT2D eigenvalue weighted by Crippen LogP contribution is 2.26. The predicted molar refractivity (Wildman–Crippen MR) is 174 cm³/mol. The number of nitrogens with zero attached hydrogens (tertiary/aromatic N) is 7. The fourth-order valence-electron chi connectivity index (χ4n) is 5.30. The molecule has 12 nitrogen and oxygen atoms in total. The third-order valence-electron chi connectivity index (χ3n) is 7.98. The Labute approximate surface area is 261 Å². The van der Waals surface area contributed by atoms with Crippen molar-refractivity contribution in [2.75, 3.05) is 48.3 Å². The van der Waals surface area contributed by atoms with Crippen LogP contribution >= 0.6 is 11.6 Å². The maximum absolute atomic E-state index is 12.9. The van der Waals surface area contributed by atoms with Crippen LogP contribution in [0.5, 0.6) is 0 Å². The minimum absolute atomic E-state index is 0.0503. The molecule has 2 amide bonds. The van der Waals surface area contributed by atoms with Crippen molar-refractivity contribution in [2.24, 2.45) is 5.92 Å². The summed E-state index contributed by atoms with van der Waals surface area (Å²) in [6.45, 7) is 7.81. The SMILES string of the molecule is CCCCC(CC)CNc1nc(N2CCN(C(=O)Nc3cccc(Cl)c3)CC2)nc2c1ncn2Cc1ccc([N+](=O)[O-])cc1. The highest BCUT2D eigenvalue weighted by atomic mass is 35.5. The van der Waals surface area contributed by atoms with E-state index in [2.05, 4.69) is 34.4 Å². The molecule has 0 radical (unpaired) electrons. The zero-order chi connectivity index (χ0) is 31.1. The van der Waals surface area contributed by atoms with E-state index in [9.17, 15) is 14.9 Å². The van der Waals surface area contributed by atoms with Gasteiger partial charge in [-0.25, -0.2) is 9.78 Å². The molecule has 0 saturated carbocycles. The van der Waals surface area contributed by atoms with E-state index in [-0.39, 0.29) is 11.7 Å². The van der Waals surface area contributed by atoms with Crippen LogP contribution in [0.4, 0.5) is 27.9 Å². The number of unbranched alkanes of at least 4 members (excludes halogenated alkanes) is 1. The Morgan fingerprint density at radius 1 is 1.09 bits per heavy atom. The highest BCUT2D eigenvalue weighted by Gasteiger charge is 2.25. The first-order chi connectivity index (χ1) is 21.3. The van der Waals surface area contributed by atoms with Gasteiger partial charge in [0.15, 0.2) is 17.0 Å². The lowest BCUT2D eigenvalue weighted by Gasteiger charge is -2.34. The number of rotatable bonds is 12. The molecule has 2 aromatic carbocycles. The first-order valence-electron chi connectivity index (χ1n) is 15.1. The van der Waals surface area contributed by atoms with Gasteiger partial charge in [-0.15, -0.1) is 0 Å². The smallest absolute Gasteiger partial charge is 0.321 e. The Morgan fingerprint density at radius 2 is 1.86 bits per heavy atom. The van der Waals surface area contributed by atoms with Gasteiger partial charge in [-0.1, -0.05) is 62.9 Å². The lowest BCUT2D eigenvalue weighted by Crippen LogP contribution is -2.50. The second kappa shape index (κ2) is 14.3. The van der Waals surface area contributed by atoms with E-state index in [1.54, 1.807) is 41.6 Å². The number of fused-ring (bicyclic) bond motifs is 1. The number of anilines is 3. The van der Waals surface area contributed by atoms with Gasteiger partial charge in [-0.05, 0) is 36.1 Å².